The summed E-state index contributed by atoms with van der Waals surface area (Å²) in [7, 11) is 0. The highest BCUT2D eigenvalue weighted by atomic mass is 16.6. The van der Waals surface area contributed by atoms with Gasteiger partial charge in [-0.3, -0.25) is 10.1 Å². The van der Waals surface area contributed by atoms with Crippen molar-refractivity contribution in [1.29, 1.82) is 0 Å². The van der Waals surface area contributed by atoms with E-state index in [0.29, 0.717) is 0 Å². The Balaban J connectivity index is 2.10. The highest BCUT2D eigenvalue weighted by Gasteiger charge is 2.20. The average molecular weight is 257 g/mol. The minimum Gasteiger partial charge on any atom is -0.457 e. The van der Waals surface area contributed by atoms with E-state index >= 15 is 0 Å². The number of nitro groups is 1. The van der Waals surface area contributed by atoms with Gasteiger partial charge >= 0.3 is 5.97 Å². The van der Waals surface area contributed by atoms with E-state index in [2.05, 4.69) is 0 Å². The fraction of sp³-hybridized carbons (Fsp3) is 0.0714. The molecule has 0 aromatic heterocycles. The van der Waals surface area contributed by atoms with E-state index in [1.807, 2.05) is 30.3 Å². The molecule has 2 aromatic rings. The first-order chi connectivity index (χ1) is 9.18. The number of ether oxygens (including phenoxy) is 1. The van der Waals surface area contributed by atoms with Gasteiger partial charge in [0.2, 0.25) is 0 Å². The second-order valence-corrected chi connectivity index (χ2v) is 3.84. The van der Waals surface area contributed by atoms with Crippen LogP contribution in [0.25, 0.3) is 0 Å². The van der Waals surface area contributed by atoms with Crippen LogP contribution in [0.1, 0.15) is 15.9 Å². The molecule has 2 rings (SSSR count). The number of para-hydroxylation sites is 1. The van der Waals surface area contributed by atoms with Crippen LogP contribution in [0.2, 0.25) is 0 Å². The summed E-state index contributed by atoms with van der Waals surface area (Å²) in [5.74, 6) is -0.698. The van der Waals surface area contributed by atoms with E-state index in [1.165, 1.54) is 18.2 Å². The molecule has 0 saturated carbocycles. The molecular formula is C14H11NO4. The zero-order chi connectivity index (χ0) is 13.7. The molecule has 0 N–H and O–H groups in total. The SMILES string of the molecule is O=C(OCc1ccccc1)c1ccccc1[N+](=O)[O-]. The minimum absolute atomic E-state index is 0.0385. The molecule has 0 atom stereocenters. The van der Waals surface area contributed by atoms with Gasteiger partial charge in [-0.05, 0) is 11.6 Å². The first kappa shape index (κ1) is 12.8. The lowest BCUT2D eigenvalue weighted by atomic mass is 10.2. The zero-order valence-corrected chi connectivity index (χ0v) is 9.98. The van der Waals surface area contributed by atoms with Gasteiger partial charge in [0.25, 0.3) is 5.69 Å². The summed E-state index contributed by atoms with van der Waals surface area (Å²) in [6.45, 7) is 0.0890. The summed E-state index contributed by atoms with van der Waals surface area (Å²) in [5, 5.41) is 10.8. The van der Waals surface area contributed by atoms with Gasteiger partial charge in [-0.15, -0.1) is 0 Å². The van der Waals surface area contributed by atoms with Crippen LogP contribution in [0.4, 0.5) is 5.69 Å². The second kappa shape index (κ2) is 5.77. The van der Waals surface area contributed by atoms with Crippen LogP contribution >= 0.6 is 0 Å². The van der Waals surface area contributed by atoms with Gasteiger partial charge in [0.1, 0.15) is 12.2 Å². The fourth-order valence-electron chi connectivity index (χ4n) is 1.61. The standard InChI is InChI=1S/C14H11NO4/c16-14(19-10-11-6-2-1-3-7-11)12-8-4-5-9-13(12)15(17)18/h1-9H,10H2. The summed E-state index contributed by atoms with van der Waals surface area (Å²) in [5.41, 5.74) is 0.540. The Kier molecular flexibility index (Phi) is 3.87. The van der Waals surface area contributed by atoms with E-state index < -0.39 is 10.9 Å². The Morgan fingerprint density at radius 2 is 1.68 bits per heavy atom. The smallest absolute Gasteiger partial charge is 0.345 e. The number of nitrogens with zero attached hydrogens (tertiary/aromatic N) is 1. The van der Waals surface area contributed by atoms with Crippen LogP contribution in [0.15, 0.2) is 54.6 Å². The van der Waals surface area contributed by atoms with Crippen molar-refractivity contribution in [3.05, 3.63) is 75.8 Å². The molecule has 96 valence electrons. The lowest BCUT2D eigenvalue weighted by Gasteiger charge is -2.05. The first-order valence-electron chi connectivity index (χ1n) is 5.63. The molecule has 0 radical (unpaired) electrons. The van der Waals surface area contributed by atoms with Crippen LogP contribution in [0.5, 0.6) is 0 Å². The molecule has 0 unspecified atom stereocenters. The highest BCUT2D eigenvalue weighted by Crippen LogP contribution is 2.19. The molecule has 0 aliphatic rings. The summed E-state index contributed by atoms with van der Waals surface area (Å²) < 4.78 is 5.06. The Bertz CT molecular complexity index is 595. The zero-order valence-electron chi connectivity index (χ0n) is 9.98. The van der Waals surface area contributed by atoms with Gasteiger partial charge in [0.15, 0.2) is 0 Å². The molecular weight excluding hydrogens is 246 g/mol. The molecule has 0 heterocycles. The maximum Gasteiger partial charge on any atom is 0.345 e. The number of carbonyl (C=O) groups excluding carboxylic acids is 1. The Labute approximate surface area is 109 Å². The Morgan fingerprint density at radius 3 is 2.37 bits per heavy atom. The number of hydrogen-bond donors (Lipinski definition) is 0. The molecule has 0 bridgehead atoms. The number of carbonyl (C=O) groups is 1. The first-order valence-corrected chi connectivity index (χ1v) is 5.63. The topological polar surface area (TPSA) is 69.4 Å². The number of esters is 1. The molecule has 0 amide bonds. The van der Waals surface area contributed by atoms with E-state index in [4.69, 9.17) is 4.74 Å². The van der Waals surface area contributed by atoms with Gasteiger partial charge in [-0.25, -0.2) is 4.79 Å². The third-order valence-corrected chi connectivity index (χ3v) is 2.53. The third kappa shape index (κ3) is 3.16. The minimum atomic E-state index is -0.698. The van der Waals surface area contributed by atoms with Crippen molar-refractivity contribution in [3.63, 3.8) is 0 Å². The Morgan fingerprint density at radius 1 is 1.05 bits per heavy atom. The molecule has 0 spiro atoms. The summed E-state index contributed by atoms with van der Waals surface area (Å²) in [6, 6.07) is 14.9. The van der Waals surface area contributed by atoms with Crippen LogP contribution in [-0.2, 0) is 11.3 Å². The van der Waals surface area contributed by atoms with Crippen LogP contribution in [0.3, 0.4) is 0 Å². The van der Waals surface area contributed by atoms with Crippen molar-refractivity contribution in [1.82, 2.24) is 0 Å². The van der Waals surface area contributed by atoms with Crippen molar-refractivity contribution < 1.29 is 14.5 Å². The monoisotopic (exact) mass is 257 g/mol. The van der Waals surface area contributed by atoms with Gasteiger partial charge in [-0.2, -0.15) is 0 Å². The molecule has 0 fully saturated rings. The van der Waals surface area contributed by atoms with Crippen molar-refractivity contribution >= 4 is 11.7 Å². The molecule has 5 nitrogen and oxygen atoms in total. The lowest BCUT2D eigenvalue weighted by Crippen LogP contribution is -2.08. The molecule has 2 aromatic carbocycles. The van der Waals surface area contributed by atoms with Crippen LogP contribution < -0.4 is 0 Å². The third-order valence-electron chi connectivity index (χ3n) is 2.53. The molecule has 19 heavy (non-hydrogen) atoms. The molecule has 0 saturated heterocycles. The van der Waals surface area contributed by atoms with Gasteiger partial charge in [0.05, 0.1) is 4.92 Å². The van der Waals surface area contributed by atoms with Crippen molar-refractivity contribution in [3.8, 4) is 0 Å². The molecule has 0 aliphatic carbocycles. The van der Waals surface area contributed by atoms with Crippen molar-refractivity contribution in [2.75, 3.05) is 0 Å². The van der Waals surface area contributed by atoms with Crippen LogP contribution in [0, 0.1) is 10.1 Å². The summed E-state index contributed by atoms with van der Waals surface area (Å²) in [6.07, 6.45) is 0. The quantitative estimate of drug-likeness (QED) is 0.479. The number of benzene rings is 2. The summed E-state index contributed by atoms with van der Waals surface area (Å²) in [4.78, 5) is 22.0. The molecule has 5 heteroatoms. The largest absolute Gasteiger partial charge is 0.457 e. The lowest BCUT2D eigenvalue weighted by molar-refractivity contribution is -0.385. The van der Waals surface area contributed by atoms with Gasteiger partial charge in [0, 0.05) is 6.07 Å². The maximum absolute atomic E-state index is 11.8. The number of nitro benzene ring substituents is 1. The number of rotatable bonds is 4. The predicted octanol–water partition coefficient (Wildman–Crippen LogP) is 2.95. The van der Waals surface area contributed by atoms with E-state index in [9.17, 15) is 14.9 Å². The normalized spacial score (nSPS) is 9.89. The van der Waals surface area contributed by atoms with Crippen molar-refractivity contribution in [2.24, 2.45) is 0 Å². The van der Waals surface area contributed by atoms with Gasteiger partial charge < -0.3 is 4.74 Å². The summed E-state index contributed by atoms with van der Waals surface area (Å²) >= 11 is 0. The van der Waals surface area contributed by atoms with E-state index in [1.54, 1.807) is 6.07 Å². The average Bonchev–Trinajstić information content (AvgIpc) is 2.46. The van der Waals surface area contributed by atoms with Gasteiger partial charge in [-0.1, -0.05) is 42.5 Å². The Hall–Kier alpha value is -2.69. The number of hydrogen-bond acceptors (Lipinski definition) is 4. The predicted molar refractivity (Wildman–Crippen MR) is 68.7 cm³/mol. The second-order valence-electron chi connectivity index (χ2n) is 3.84. The van der Waals surface area contributed by atoms with E-state index in [-0.39, 0.29) is 17.9 Å². The fourth-order valence-corrected chi connectivity index (χ4v) is 1.61. The molecule has 0 aliphatic heterocycles. The highest BCUT2D eigenvalue weighted by molar-refractivity contribution is 5.93. The van der Waals surface area contributed by atoms with Crippen molar-refractivity contribution in [2.45, 2.75) is 6.61 Å². The van der Waals surface area contributed by atoms with Crippen LogP contribution in [-0.4, -0.2) is 10.9 Å². The maximum atomic E-state index is 11.8. The van der Waals surface area contributed by atoms with E-state index in [0.717, 1.165) is 5.56 Å².